The van der Waals surface area contributed by atoms with Crippen LogP contribution in [0.4, 0.5) is 0 Å². The van der Waals surface area contributed by atoms with E-state index in [0.29, 0.717) is 0 Å². The van der Waals surface area contributed by atoms with Crippen LogP contribution in [0.2, 0.25) is 0 Å². The van der Waals surface area contributed by atoms with Gasteiger partial charge in [0.25, 0.3) is 0 Å². The molecule has 0 bridgehead atoms. The Balaban J connectivity index is 0. The van der Waals surface area contributed by atoms with E-state index in [2.05, 4.69) is 24.1 Å². The molecular weight excluding hydrogens is 274 g/mol. The Morgan fingerprint density at radius 1 is 1.30 bits per heavy atom. The summed E-state index contributed by atoms with van der Waals surface area (Å²) in [6, 6.07) is 10.0. The molecule has 0 spiro atoms. The standard InChI is InChI=1S/C8H8.C6H15N5.ClH/c1-2-8-6-4-3-5-7-8;1-2-3-4-10-6(9)11-5(7)8;/h2-7H,1H2;2-4H2,1H3,(H6,7,8,9,10,11);1H. The van der Waals surface area contributed by atoms with E-state index in [0.717, 1.165) is 19.4 Å². The van der Waals surface area contributed by atoms with E-state index >= 15 is 0 Å². The highest BCUT2D eigenvalue weighted by Gasteiger charge is 1.93. The van der Waals surface area contributed by atoms with Crippen molar-refractivity contribution in [3.63, 3.8) is 0 Å². The summed E-state index contributed by atoms with van der Waals surface area (Å²) in [5.41, 5.74) is 6.16. The molecular formula is C14H24ClN5. The molecule has 0 amide bonds. The van der Waals surface area contributed by atoms with Crippen molar-refractivity contribution in [2.24, 2.45) is 5.73 Å². The molecule has 5 nitrogen and oxygen atoms in total. The van der Waals surface area contributed by atoms with Crippen molar-refractivity contribution >= 4 is 30.4 Å². The number of hydrogen-bond donors (Lipinski definition) is 5. The number of benzene rings is 1. The van der Waals surface area contributed by atoms with Gasteiger partial charge in [0.1, 0.15) is 0 Å². The van der Waals surface area contributed by atoms with E-state index in [1.807, 2.05) is 36.4 Å². The summed E-state index contributed by atoms with van der Waals surface area (Å²) in [6.45, 7) is 6.45. The van der Waals surface area contributed by atoms with Gasteiger partial charge in [-0.05, 0) is 12.0 Å². The molecule has 0 atom stereocenters. The maximum absolute atomic E-state index is 7.15. The number of guanidine groups is 2. The maximum Gasteiger partial charge on any atom is 0.195 e. The molecule has 1 aromatic carbocycles. The van der Waals surface area contributed by atoms with Crippen molar-refractivity contribution in [1.82, 2.24) is 10.6 Å². The first kappa shape index (κ1) is 20.3. The Bertz CT molecular complexity index is 392. The fourth-order valence-corrected chi connectivity index (χ4v) is 1.16. The summed E-state index contributed by atoms with van der Waals surface area (Å²) in [5, 5.41) is 19.0. The van der Waals surface area contributed by atoms with Gasteiger partial charge in [-0.2, -0.15) is 0 Å². The summed E-state index contributed by atoms with van der Waals surface area (Å²) in [7, 11) is 0. The zero-order valence-electron chi connectivity index (χ0n) is 11.8. The average Bonchev–Trinajstić information content (AvgIpc) is 2.40. The van der Waals surface area contributed by atoms with Crippen molar-refractivity contribution < 1.29 is 0 Å². The van der Waals surface area contributed by atoms with Gasteiger partial charge in [-0.1, -0.05) is 56.3 Å². The van der Waals surface area contributed by atoms with Gasteiger partial charge in [-0.3, -0.25) is 16.1 Å². The van der Waals surface area contributed by atoms with Crippen molar-refractivity contribution in [1.29, 1.82) is 10.8 Å². The smallest absolute Gasteiger partial charge is 0.195 e. The maximum atomic E-state index is 7.15. The SMILES string of the molecule is C=Cc1ccccc1.CCCCNC(=N)NC(=N)N.Cl. The lowest BCUT2D eigenvalue weighted by atomic mass is 10.2. The number of nitrogens with two attached hydrogens (primary N) is 1. The largest absolute Gasteiger partial charge is 0.370 e. The van der Waals surface area contributed by atoms with Gasteiger partial charge in [0, 0.05) is 6.54 Å². The molecule has 0 unspecified atom stereocenters. The molecule has 0 saturated heterocycles. The number of rotatable bonds is 4. The number of nitrogens with one attached hydrogen (secondary N) is 4. The topological polar surface area (TPSA) is 97.8 Å². The highest BCUT2D eigenvalue weighted by atomic mass is 35.5. The normalized spacial score (nSPS) is 8.25. The Hall–Kier alpha value is -2.01. The second kappa shape index (κ2) is 13.4. The predicted octanol–water partition coefficient (Wildman–Crippen LogP) is 2.55. The van der Waals surface area contributed by atoms with Crippen LogP contribution in [0.1, 0.15) is 25.3 Å². The van der Waals surface area contributed by atoms with Crippen molar-refractivity contribution in [2.45, 2.75) is 19.8 Å². The molecule has 6 N–H and O–H groups in total. The van der Waals surface area contributed by atoms with Gasteiger partial charge in [0.15, 0.2) is 11.9 Å². The van der Waals surface area contributed by atoms with Crippen LogP contribution in [0.5, 0.6) is 0 Å². The van der Waals surface area contributed by atoms with Crippen molar-refractivity contribution in [3.8, 4) is 0 Å². The quantitative estimate of drug-likeness (QED) is 0.335. The van der Waals surface area contributed by atoms with Crippen LogP contribution in [0.3, 0.4) is 0 Å². The van der Waals surface area contributed by atoms with E-state index in [9.17, 15) is 0 Å². The highest BCUT2D eigenvalue weighted by molar-refractivity contribution is 5.94. The fourth-order valence-electron chi connectivity index (χ4n) is 1.16. The van der Waals surface area contributed by atoms with Gasteiger partial charge in [0.05, 0.1) is 0 Å². The Morgan fingerprint density at radius 3 is 2.30 bits per heavy atom. The molecule has 0 aliphatic heterocycles. The van der Waals surface area contributed by atoms with E-state index in [-0.39, 0.29) is 24.3 Å². The molecule has 0 heterocycles. The van der Waals surface area contributed by atoms with E-state index in [4.69, 9.17) is 16.6 Å². The van der Waals surface area contributed by atoms with Gasteiger partial charge in [-0.15, -0.1) is 12.4 Å². The van der Waals surface area contributed by atoms with Crippen molar-refractivity contribution in [3.05, 3.63) is 42.5 Å². The third-order valence-electron chi connectivity index (χ3n) is 2.13. The lowest BCUT2D eigenvalue weighted by Gasteiger charge is -2.06. The zero-order chi connectivity index (χ0) is 14.5. The van der Waals surface area contributed by atoms with Gasteiger partial charge >= 0.3 is 0 Å². The van der Waals surface area contributed by atoms with E-state index in [1.165, 1.54) is 5.56 Å². The number of halogens is 1. The van der Waals surface area contributed by atoms with Gasteiger partial charge in [-0.25, -0.2) is 0 Å². The summed E-state index contributed by atoms with van der Waals surface area (Å²) in [5.74, 6) is -0.120. The zero-order valence-corrected chi connectivity index (χ0v) is 12.6. The second-order valence-electron chi connectivity index (χ2n) is 3.81. The minimum absolute atomic E-state index is 0. The van der Waals surface area contributed by atoms with Gasteiger partial charge in [0.2, 0.25) is 0 Å². The molecule has 112 valence electrons. The minimum Gasteiger partial charge on any atom is -0.370 e. The first-order valence-electron chi connectivity index (χ1n) is 6.21. The highest BCUT2D eigenvalue weighted by Crippen LogP contribution is 1.97. The van der Waals surface area contributed by atoms with Crippen LogP contribution in [-0.4, -0.2) is 18.5 Å². The monoisotopic (exact) mass is 297 g/mol. The summed E-state index contributed by atoms with van der Waals surface area (Å²) in [4.78, 5) is 0. The number of hydrogen-bond acceptors (Lipinski definition) is 2. The molecule has 0 radical (unpaired) electrons. The molecule has 1 rings (SSSR count). The third kappa shape index (κ3) is 12.4. The van der Waals surface area contributed by atoms with Crippen LogP contribution >= 0.6 is 12.4 Å². The fraction of sp³-hybridized carbons (Fsp3) is 0.286. The van der Waals surface area contributed by atoms with Gasteiger partial charge < -0.3 is 11.1 Å². The third-order valence-corrected chi connectivity index (χ3v) is 2.13. The molecule has 0 saturated carbocycles. The first-order valence-corrected chi connectivity index (χ1v) is 6.21. The van der Waals surface area contributed by atoms with Crippen LogP contribution < -0.4 is 16.4 Å². The summed E-state index contributed by atoms with van der Waals surface area (Å²) >= 11 is 0. The molecule has 0 fully saturated rings. The Labute approximate surface area is 127 Å². The summed E-state index contributed by atoms with van der Waals surface area (Å²) in [6.07, 6.45) is 3.93. The Morgan fingerprint density at radius 2 is 1.90 bits per heavy atom. The summed E-state index contributed by atoms with van der Waals surface area (Å²) < 4.78 is 0. The average molecular weight is 298 g/mol. The van der Waals surface area contributed by atoms with Crippen LogP contribution in [0.25, 0.3) is 6.08 Å². The lowest BCUT2D eigenvalue weighted by molar-refractivity contribution is 0.744. The van der Waals surface area contributed by atoms with E-state index < -0.39 is 0 Å². The number of unbranched alkanes of at least 4 members (excludes halogenated alkanes) is 1. The molecule has 0 aliphatic rings. The minimum atomic E-state index is -0.209. The van der Waals surface area contributed by atoms with Crippen molar-refractivity contribution in [2.75, 3.05) is 6.54 Å². The van der Waals surface area contributed by atoms with E-state index in [1.54, 1.807) is 0 Å². The molecule has 0 aromatic heterocycles. The predicted molar refractivity (Wildman–Crippen MR) is 89.5 cm³/mol. The molecule has 6 heteroatoms. The lowest BCUT2D eigenvalue weighted by Crippen LogP contribution is -2.43. The van der Waals surface area contributed by atoms with Crippen LogP contribution in [0.15, 0.2) is 36.9 Å². The molecule has 1 aromatic rings. The van der Waals surface area contributed by atoms with Crippen LogP contribution in [-0.2, 0) is 0 Å². The second-order valence-corrected chi connectivity index (χ2v) is 3.81. The first-order chi connectivity index (χ1) is 9.10. The Kier molecular flexibility index (Phi) is 13.6. The molecule has 20 heavy (non-hydrogen) atoms. The van der Waals surface area contributed by atoms with Crippen LogP contribution in [0, 0.1) is 10.8 Å². The molecule has 0 aliphatic carbocycles.